The van der Waals surface area contributed by atoms with Gasteiger partial charge in [0.05, 0.1) is 0 Å². The molecule has 0 fully saturated rings. The molecule has 0 aliphatic heterocycles. The third-order valence-corrected chi connectivity index (χ3v) is 2.58. The number of rotatable bonds is 2. The normalized spacial score (nSPS) is 10.0. The number of nitrogens with zero attached hydrogens (tertiary/aromatic N) is 2. The molecule has 2 rings (SSSR count). The monoisotopic (exact) mass is 291 g/mol. The van der Waals surface area contributed by atoms with Gasteiger partial charge in [-0.1, -0.05) is 0 Å². The Kier molecular flexibility index (Phi) is 3.49. The van der Waals surface area contributed by atoms with Gasteiger partial charge in [-0.3, -0.25) is 9.78 Å². The molecule has 2 aromatic heterocycles. The Morgan fingerprint density at radius 1 is 1.24 bits per heavy atom. The van der Waals surface area contributed by atoms with E-state index < -0.39 is 0 Å². The van der Waals surface area contributed by atoms with Gasteiger partial charge >= 0.3 is 0 Å². The van der Waals surface area contributed by atoms with E-state index >= 15 is 0 Å². The van der Waals surface area contributed by atoms with Gasteiger partial charge in [0.25, 0.3) is 5.91 Å². The van der Waals surface area contributed by atoms with Gasteiger partial charge in [0.15, 0.2) is 0 Å². The number of nitrogens with one attached hydrogen (secondary N) is 1. The zero-order valence-electron chi connectivity index (χ0n) is 9.14. The highest BCUT2D eigenvalue weighted by atomic mass is 79.9. The van der Waals surface area contributed by atoms with Crippen molar-refractivity contribution in [2.75, 3.05) is 5.32 Å². The molecule has 0 spiro atoms. The predicted octanol–water partition coefficient (Wildman–Crippen LogP) is 2.80. The molecular formula is C12H10BrN3O. The maximum atomic E-state index is 11.9. The van der Waals surface area contributed by atoms with E-state index in [9.17, 15) is 4.79 Å². The molecule has 1 amide bonds. The Bertz CT molecular complexity index is 557. The number of aryl methyl sites for hydroxylation is 1. The lowest BCUT2D eigenvalue weighted by atomic mass is 10.2. The summed E-state index contributed by atoms with van der Waals surface area (Å²) in [5, 5.41) is 2.80. The van der Waals surface area contributed by atoms with Gasteiger partial charge in [-0.15, -0.1) is 0 Å². The lowest BCUT2D eigenvalue weighted by Gasteiger charge is -2.05. The number of amides is 1. The van der Waals surface area contributed by atoms with Crippen molar-refractivity contribution in [2.24, 2.45) is 0 Å². The lowest BCUT2D eigenvalue weighted by molar-refractivity contribution is 0.102. The van der Waals surface area contributed by atoms with Crippen molar-refractivity contribution >= 4 is 27.5 Å². The largest absolute Gasteiger partial charge is 0.322 e. The fourth-order valence-corrected chi connectivity index (χ4v) is 1.74. The highest BCUT2D eigenvalue weighted by Crippen LogP contribution is 2.12. The summed E-state index contributed by atoms with van der Waals surface area (Å²) in [4.78, 5) is 19.9. The van der Waals surface area contributed by atoms with E-state index in [4.69, 9.17) is 0 Å². The van der Waals surface area contributed by atoms with Crippen LogP contribution in [-0.2, 0) is 0 Å². The first kappa shape index (κ1) is 11.7. The minimum atomic E-state index is -0.168. The molecule has 17 heavy (non-hydrogen) atoms. The average molecular weight is 292 g/mol. The second kappa shape index (κ2) is 5.05. The molecule has 0 saturated carbocycles. The van der Waals surface area contributed by atoms with Crippen molar-refractivity contribution in [3.63, 3.8) is 0 Å². The molecular weight excluding hydrogens is 282 g/mol. The maximum Gasteiger partial charge on any atom is 0.255 e. The highest BCUT2D eigenvalue weighted by molar-refractivity contribution is 9.10. The fourth-order valence-electron chi connectivity index (χ4n) is 1.37. The molecule has 0 aliphatic carbocycles. The van der Waals surface area contributed by atoms with Gasteiger partial charge < -0.3 is 5.32 Å². The van der Waals surface area contributed by atoms with Gasteiger partial charge in [-0.05, 0) is 47.1 Å². The first-order valence-electron chi connectivity index (χ1n) is 5.01. The number of hydrogen-bond donors (Lipinski definition) is 1. The van der Waals surface area contributed by atoms with Crippen molar-refractivity contribution in [1.29, 1.82) is 0 Å². The van der Waals surface area contributed by atoms with Crippen LogP contribution in [0.1, 0.15) is 16.1 Å². The minimum absolute atomic E-state index is 0.168. The summed E-state index contributed by atoms with van der Waals surface area (Å²) in [6.07, 6.45) is 3.24. The van der Waals surface area contributed by atoms with Crippen molar-refractivity contribution < 1.29 is 4.79 Å². The van der Waals surface area contributed by atoms with Crippen molar-refractivity contribution in [2.45, 2.75) is 6.92 Å². The molecule has 1 N–H and O–H groups in total. The first-order valence-corrected chi connectivity index (χ1v) is 5.80. The Hall–Kier alpha value is -1.75. The topological polar surface area (TPSA) is 54.9 Å². The van der Waals surface area contributed by atoms with Crippen LogP contribution in [0.2, 0.25) is 0 Å². The first-order chi connectivity index (χ1) is 8.15. The molecule has 0 bridgehead atoms. The minimum Gasteiger partial charge on any atom is -0.322 e. The molecule has 0 aliphatic rings. The maximum absolute atomic E-state index is 11.9. The number of halogens is 1. The number of anilines is 1. The Morgan fingerprint density at radius 2 is 2.00 bits per heavy atom. The second-order valence-corrected chi connectivity index (χ2v) is 4.32. The summed E-state index contributed by atoms with van der Waals surface area (Å²) >= 11 is 3.23. The van der Waals surface area contributed by atoms with E-state index in [0.29, 0.717) is 10.2 Å². The SMILES string of the molecule is Cc1cc(NC(=O)c2ccnc(Br)c2)ccn1. The lowest BCUT2D eigenvalue weighted by Crippen LogP contribution is -2.12. The van der Waals surface area contributed by atoms with E-state index in [1.807, 2.05) is 13.0 Å². The summed E-state index contributed by atoms with van der Waals surface area (Å²) in [6.45, 7) is 1.87. The van der Waals surface area contributed by atoms with Crippen LogP contribution in [0.3, 0.4) is 0 Å². The smallest absolute Gasteiger partial charge is 0.255 e. The summed E-state index contributed by atoms with van der Waals surface area (Å²) in [6, 6.07) is 6.90. The molecule has 0 saturated heterocycles. The van der Waals surface area contributed by atoms with Crippen LogP contribution in [0.5, 0.6) is 0 Å². The van der Waals surface area contributed by atoms with E-state index in [-0.39, 0.29) is 5.91 Å². The van der Waals surface area contributed by atoms with Crippen molar-refractivity contribution in [1.82, 2.24) is 9.97 Å². The molecule has 0 aromatic carbocycles. The molecule has 0 radical (unpaired) electrons. The number of pyridine rings is 2. The summed E-state index contributed by atoms with van der Waals surface area (Å²) < 4.78 is 0.635. The third-order valence-electron chi connectivity index (χ3n) is 2.14. The zero-order chi connectivity index (χ0) is 12.3. The highest BCUT2D eigenvalue weighted by Gasteiger charge is 2.06. The molecule has 2 heterocycles. The number of aromatic nitrogens is 2. The second-order valence-electron chi connectivity index (χ2n) is 3.51. The Morgan fingerprint density at radius 3 is 2.71 bits per heavy atom. The van der Waals surface area contributed by atoms with Crippen LogP contribution in [-0.4, -0.2) is 15.9 Å². The predicted molar refractivity (Wildman–Crippen MR) is 68.9 cm³/mol. The van der Waals surface area contributed by atoms with Gasteiger partial charge in [0, 0.05) is 29.3 Å². The molecule has 86 valence electrons. The Balaban J connectivity index is 2.17. The molecule has 0 unspecified atom stereocenters. The Labute approximate surface area is 107 Å². The molecule has 5 heteroatoms. The zero-order valence-corrected chi connectivity index (χ0v) is 10.7. The van der Waals surface area contributed by atoms with Gasteiger partial charge in [-0.2, -0.15) is 0 Å². The molecule has 2 aromatic rings. The van der Waals surface area contributed by atoms with Gasteiger partial charge in [0.1, 0.15) is 4.60 Å². The van der Waals surface area contributed by atoms with E-state index in [2.05, 4.69) is 31.2 Å². The summed E-state index contributed by atoms with van der Waals surface area (Å²) in [5.74, 6) is -0.168. The van der Waals surface area contributed by atoms with Gasteiger partial charge in [-0.25, -0.2) is 4.98 Å². The average Bonchev–Trinajstić information content (AvgIpc) is 2.29. The molecule has 4 nitrogen and oxygen atoms in total. The van der Waals surface area contributed by atoms with Gasteiger partial charge in [0.2, 0.25) is 0 Å². The quantitative estimate of drug-likeness (QED) is 0.866. The van der Waals surface area contributed by atoms with Crippen molar-refractivity contribution in [3.8, 4) is 0 Å². The third kappa shape index (κ3) is 3.10. The van der Waals surface area contributed by atoms with Crippen LogP contribution in [0.15, 0.2) is 41.3 Å². The number of hydrogen-bond acceptors (Lipinski definition) is 3. The molecule has 0 atom stereocenters. The van der Waals surface area contributed by atoms with E-state index in [1.165, 1.54) is 0 Å². The van der Waals surface area contributed by atoms with E-state index in [1.54, 1.807) is 30.6 Å². The number of carbonyl (C=O) groups is 1. The van der Waals surface area contributed by atoms with Crippen LogP contribution in [0.25, 0.3) is 0 Å². The van der Waals surface area contributed by atoms with Crippen LogP contribution >= 0.6 is 15.9 Å². The fraction of sp³-hybridized carbons (Fsp3) is 0.0833. The summed E-state index contributed by atoms with van der Waals surface area (Å²) in [7, 11) is 0. The number of carbonyl (C=O) groups excluding carboxylic acids is 1. The van der Waals surface area contributed by atoms with E-state index in [0.717, 1.165) is 11.4 Å². The summed E-state index contributed by atoms with van der Waals surface area (Å²) in [5.41, 5.74) is 2.15. The van der Waals surface area contributed by atoms with Crippen LogP contribution in [0, 0.1) is 6.92 Å². The van der Waals surface area contributed by atoms with Crippen LogP contribution < -0.4 is 5.32 Å². The van der Waals surface area contributed by atoms with Crippen molar-refractivity contribution in [3.05, 3.63) is 52.5 Å². The standard InChI is InChI=1S/C12H10BrN3O/c1-8-6-10(3-5-14-8)16-12(17)9-2-4-15-11(13)7-9/h2-7H,1H3,(H,14,16,17). The van der Waals surface area contributed by atoms with Crippen LogP contribution in [0.4, 0.5) is 5.69 Å².